The standard InChI is InChI=1S/C20H34N4O3.HI/c1-20(2,3)18(25)22-11-12-23-19(21-4)24(5)13-10-15-8-9-16(26-6)17(14-15)27-7;/h8-9,14H,10-13H2,1-7H3,(H,21,23)(H,22,25);1H. The van der Waals surface area contributed by atoms with Gasteiger partial charge in [-0.3, -0.25) is 9.79 Å². The van der Waals surface area contributed by atoms with Gasteiger partial charge in [0.1, 0.15) is 0 Å². The van der Waals surface area contributed by atoms with Crippen LogP contribution in [0.2, 0.25) is 0 Å². The van der Waals surface area contributed by atoms with Crippen LogP contribution in [0.4, 0.5) is 0 Å². The smallest absolute Gasteiger partial charge is 0.225 e. The van der Waals surface area contributed by atoms with Crippen molar-refractivity contribution in [1.82, 2.24) is 15.5 Å². The van der Waals surface area contributed by atoms with Gasteiger partial charge >= 0.3 is 0 Å². The average Bonchev–Trinajstić information content (AvgIpc) is 2.64. The summed E-state index contributed by atoms with van der Waals surface area (Å²) < 4.78 is 10.6. The molecule has 0 spiro atoms. The van der Waals surface area contributed by atoms with Gasteiger partial charge in [0.05, 0.1) is 14.2 Å². The van der Waals surface area contributed by atoms with Crippen molar-refractivity contribution in [2.75, 3.05) is 47.9 Å². The first-order valence-corrected chi connectivity index (χ1v) is 9.14. The van der Waals surface area contributed by atoms with Gasteiger partial charge in [-0.05, 0) is 24.1 Å². The molecule has 28 heavy (non-hydrogen) atoms. The third kappa shape index (κ3) is 8.53. The molecule has 1 aromatic rings. The van der Waals surface area contributed by atoms with Crippen molar-refractivity contribution in [3.63, 3.8) is 0 Å². The van der Waals surface area contributed by atoms with Crippen LogP contribution in [0.1, 0.15) is 26.3 Å². The van der Waals surface area contributed by atoms with E-state index in [9.17, 15) is 4.79 Å². The minimum Gasteiger partial charge on any atom is -0.493 e. The minimum absolute atomic E-state index is 0. The van der Waals surface area contributed by atoms with Gasteiger partial charge < -0.3 is 25.0 Å². The van der Waals surface area contributed by atoms with E-state index in [1.807, 2.05) is 46.0 Å². The van der Waals surface area contributed by atoms with Crippen LogP contribution < -0.4 is 20.1 Å². The lowest BCUT2D eigenvalue weighted by molar-refractivity contribution is -0.128. The van der Waals surface area contributed by atoms with Crippen molar-refractivity contribution in [2.24, 2.45) is 10.4 Å². The number of halogens is 1. The molecule has 0 aromatic heterocycles. The summed E-state index contributed by atoms with van der Waals surface area (Å²) in [5.41, 5.74) is 0.783. The highest BCUT2D eigenvalue weighted by Gasteiger charge is 2.20. The van der Waals surface area contributed by atoms with Crippen molar-refractivity contribution >= 4 is 35.8 Å². The second-order valence-electron chi connectivity index (χ2n) is 7.34. The molecule has 1 rings (SSSR count). The fourth-order valence-electron chi connectivity index (χ4n) is 2.44. The Bertz CT molecular complexity index is 645. The molecule has 0 radical (unpaired) electrons. The summed E-state index contributed by atoms with van der Waals surface area (Å²) in [4.78, 5) is 18.2. The summed E-state index contributed by atoms with van der Waals surface area (Å²) in [6.07, 6.45) is 0.846. The van der Waals surface area contributed by atoms with Gasteiger partial charge in [0.15, 0.2) is 17.5 Å². The molecular weight excluding hydrogens is 471 g/mol. The van der Waals surface area contributed by atoms with Gasteiger partial charge in [0.25, 0.3) is 0 Å². The molecule has 0 aliphatic rings. The van der Waals surface area contributed by atoms with Crippen molar-refractivity contribution in [2.45, 2.75) is 27.2 Å². The van der Waals surface area contributed by atoms with Crippen molar-refractivity contribution in [1.29, 1.82) is 0 Å². The molecule has 0 heterocycles. The van der Waals surface area contributed by atoms with E-state index in [-0.39, 0.29) is 35.3 Å². The number of hydrogen-bond donors (Lipinski definition) is 2. The Balaban J connectivity index is 0.00000729. The summed E-state index contributed by atoms with van der Waals surface area (Å²) in [6.45, 7) is 7.67. The summed E-state index contributed by atoms with van der Waals surface area (Å²) in [5.74, 6) is 2.29. The van der Waals surface area contributed by atoms with E-state index in [1.54, 1.807) is 21.3 Å². The van der Waals surface area contributed by atoms with Gasteiger partial charge in [-0.15, -0.1) is 24.0 Å². The highest BCUT2D eigenvalue weighted by Crippen LogP contribution is 2.27. The highest BCUT2D eigenvalue weighted by molar-refractivity contribution is 14.0. The van der Waals surface area contributed by atoms with E-state index in [0.717, 1.165) is 36.0 Å². The van der Waals surface area contributed by atoms with E-state index in [1.165, 1.54) is 0 Å². The molecular formula is C20H35IN4O3. The molecule has 1 aromatic carbocycles. The molecule has 0 fully saturated rings. The maximum Gasteiger partial charge on any atom is 0.225 e. The zero-order chi connectivity index (χ0) is 20.4. The quantitative estimate of drug-likeness (QED) is 0.246. The van der Waals surface area contributed by atoms with Crippen molar-refractivity contribution in [3.8, 4) is 11.5 Å². The Morgan fingerprint density at radius 3 is 2.25 bits per heavy atom. The van der Waals surface area contributed by atoms with Crippen molar-refractivity contribution < 1.29 is 14.3 Å². The topological polar surface area (TPSA) is 75.2 Å². The molecule has 0 atom stereocenters. The number of aliphatic imine (C=N–C) groups is 1. The fourth-order valence-corrected chi connectivity index (χ4v) is 2.44. The predicted octanol–water partition coefficient (Wildman–Crippen LogP) is 2.53. The van der Waals surface area contributed by atoms with Crippen LogP contribution in [0.15, 0.2) is 23.2 Å². The van der Waals surface area contributed by atoms with E-state index in [0.29, 0.717) is 13.1 Å². The van der Waals surface area contributed by atoms with Crippen molar-refractivity contribution in [3.05, 3.63) is 23.8 Å². The first-order valence-electron chi connectivity index (χ1n) is 9.14. The summed E-state index contributed by atoms with van der Waals surface area (Å²) in [7, 11) is 7.01. The molecule has 1 amide bonds. The Morgan fingerprint density at radius 2 is 1.71 bits per heavy atom. The predicted molar refractivity (Wildman–Crippen MR) is 125 cm³/mol. The molecule has 2 N–H and O–H groups in total. The third-order valence-electron chi connectivity index (χ3n) is 4.13. The minimum atomic E-state index is -0.377. The second kappa shape index (κ2) is 12.7. The van der Waals surface area contributed by atoms with Crippen LogP contribution in [0.3, 0.4) is 0 Å². The zero-order valence-electron chi connectivity index (χ0n) is 18.1. The number of methoxy groups -OCH3 is 2. The maximum atomic E-state index is 11.9. The molecule has 0 saturated heterocycles. The Labute approximate surface area is 186 Å². The van der Waals surface area contributed by atoms with E-state index < -0.39 is 0 Å². The van der Waals surface area contributed by atoms with Gasteiger partial charge in [0.2, 0.25) is 5.91 Å². The zero-order valence-corrected chi connectivity index (χ0v) is 20.4. The molecule has 0 aliphatic carbocycles. The number of ether oxygens (including phenoxy) is 2. The number of amides is 1. The third-order valence-corrected chi connectivity index (χ3v) is 4.13. The Morgan fingerprint density at radius 1 is 1.11 bits per heavy atom. The van der Waals surface area contributed by atoms with Crippen LogP contribution in [0.5, 0.6) is 11.5 Å². The summed E-state index contributed by atoms with van der Waals surface area (Å²) in [5, 5.41) is 6.19. The Kier molecular flexibility index (Phi) is 11.9. The van der Waals surface area contributed by atoms with Gasteiger partial charge in [-0.1, -0.05) is 26.8 Å². The van der Waals surface area contributed by atoms with E-state index in [4.69, 9.17) is 9.47 Å². The van der Waals surface area contributed by atoms with Gasteiger partial charge in [-0.2, -0.15) is 0 Å². The molecule has 0 unspecified atom stereocenters. The lowest BCUT2D eigenvalue weighted by atomic mass is 9.96. The monoisotopic (exact) mass is 506 g/mol. The van der Waals surface area contributed by atoms with Crippen LogP contribution >= 0.6 is 24.0 Å². The number of rotatable bonds is 8. The Hall–Kier alpha value is -1.71. The van der Waals surface area contributed by atoms with Crippen LogP contribution in [-0.4, -0.2) is 64.7 Å². The average molecular weight is 506 g/mol. The van der Waals surface area contributed by atoms with Gasteiger partial charge in [-0.25, -0.2) is 0 Å². The molecule has 8 heteroatoms. The first kappa shape index (κ1) is 26.3. The number of benzene rings is 1. The number of carbonyl (C=O) groups is 1. The van der Waals surface area contributed by atoms with Gasteiger partial charge in [0, 0.05) is 39.1 Å². The van der Waals surface area contributed by atoms with E-state index >= 15 is 0 Å². The number of likely N-dealkylation sites (N-methyl/N-ethyl adjacent to an activating group) is 1. The number of guanidine groups is 1. The summed E-state index contributed by atoms with van der Waals surface area (Å²) in [6, 6.07) is 5.94. The lowest BCUT2D eigenvalue weighted by Gasteiger charge is -2.23. The highest BCUT2D eigenvalue weighted by atomic mass is 127. The largest absolute Gasteiger partial charge is 0.493 e. The number of nitrogens with zero attached hydrogens (tertiary/aromatic N) is 2. The van der Waals surface area contributed by atoms with Crippen LogP contribution in [0.25, 0.3) is 0 Å². The normalized spacial score (nSPS) is 11.3. The SMILES string of the molecule is CN=C(NCCNC(=O)C(C)(C)C)N(C)CCc1ccc(OC)c(OC)c1.I. The second-order valence-corrected chi connectivity index (χ2v) is 7.34. The molecule has 160 valence electrons. The maximum absolute atomic E-state index is 11.9. The molecule has 0 bridgehead atoms. The lowest BCUT2D eigenvalue weighted by Crippen LogP contribution is -2.44. The number of hydrogen-bond acceptors (Lipinski definition) is 4. The molecule has 0 saturated carbocycles. The van der Waals surface area contributed by atoms with Crippen LogP contribution in [-0.2, 0) is 11.2 Å². The fraction of sp³-hybridized carbons (Fsp3) is 0.600. The number of nitrogens with one attached hydrogen (secondary N) is 2. The first-order chi connectivity index (χ1) is 12.7. The molecule has 0 aliphatic heterocycles. The summed E-state index contributed by atoms with van der Waals surface area (Å²) >= 11 is 0. The van der Waals surface area contributed by atoms with Crippen LogP contribution in [0, 0.1) is 5.41 Å². The number of carbonyl (C=O) groups excluding carboxylic acids is 1. The van der Waals surface area contributed by atoms with E-state index in [2.05, 4.69) is 20.5 Å². The molecule has 7 nitrogen and oxygen atoms in total.